The Morgan fingerprint density at radius 1 is 0.833 bits per heavy atom. The van der Waals surface area contributed by atoms with Crippen LogP contribution in [0, 0.1) is 13.8 Å². The number of fused-ring (bicyclic) bond motifs is 3. The van der Waals surface area contributed by atoms with Crippen LogP contribution in [0.1, 0.15) is 28.1 Å². The lowest BCUT2D eigenvalue weighted by atomic mass is 10.0. The Bertz CT molecular complexity index is 1700. The van der Waals surface area contributed by atoms with Gasteiger partial charge in [0, 0.05) is 30.1 Å². The fourth-order valence-corrected chi connectivity index (χ4v) is 4.73. The van der Waals surface area contributed by atoms with Gasteiger partial charge >= 0.3 is 0 Å². The van der Waals surface area contributed by atoms with Crippen LogP contribution >= 0.6 is 0 Å². The van der Waals surface area contributed by atoms with Crippen LogP contribution in [0.5, 0.6) is 5.75 Å². The molecule has 0 aliphatic rings. The Morgan fingerprint density at radius 2 is 1.58 bits per heavy atom. The van der Waals surface area contributed by atoms with Crippen LogP contribution in [0.3, 0.4) is 0 Å². The first-order valence-corrected chi connectivity index (χ1v) is 12.0. The summed E-state index contributed by atoms with van der Waals surface area (Å²) in [6, 6.07) is 26.5. The summed E-state index contributed by atoms with van der Waals surface area (Å²) >= 11 is 0. The van der Waals surface area contributed by atoms with Crippen molar-refractivity contribution >= 4 is 22.1 Å². The smallest absolute Gasteiger partial charge is 0.272 e. The van der Waals surface area contributed by atoms with E-state index in [-0.39, 0.29) is 0 Å². The molecule has 0 aliphatic carbocycles. The summed E-state index contributed by atoms with van der Waals surface area (Å²) in [6.45, 7) is 4.60. The van der Waals surface area contributed by atoms with Crippen LogP contribution in [0.15, 0.2) is 78.9 Å². The van der Waals surface area contributed by atoms with Gasteiger partial charge in [-0.3, -0.25) is 0 Å². The van der Waals surface area contributed by atoms with E-state index in [1.54, 1.807) is 4.68 Å². The quantitative estimate of drug-likeness (QED) is 0.319. The number of hydrogen-bond acceptors (Lipinski definition) is 5. The van der Waals surface area contributed by atoms with Crippen LogP contribution in [-0.2, 0) is 20.1 Å². The van der Waals surface area contributed by atoms with Gasteiger partial charge in [-0.15, -0.1) is 10.2 Å². The van der Waals surface area contributed by atoms with Crippen LogP contribution < -0.4 is 4.74 Å². The van der Waals surface area contributed by atoms with E-state index in [1.165, 1.54) is 0 Å². The highest BCUT2D eigenvalue weighted by atomic mass is 16.5. The molecule has 178 valence electrons. The largest absolute Gasteiger partial charge is 0.489 e. The lowest BCUT2D eigenvalue weighted by molar-refractivity contribution is 0.303. The third kappa shape index (κ3) is 3.79. The number of aryl methyl sites for hydroxylation is 2. The Labute approximate surface area is 209 Å². The highest BCUT2D eigenvalue weighted by Crippen LogP contribution is 2.28. The maximum Gasteiger partial charge on any atom is 0.272 e. The molecule has 7 nitrogen and oxygen atoms in total. The van der Waals surface area contributed by atoms with Crippen molar-refractivity contribution in [2.75, 3.05) is 0 Å². The molecule has 6 rings (SSSR count). The second-order valence-electron chi connectivity index (χ2n) is 8.98. The zero-order valence-electron chi connectivity index (χ0n) is 20.5. The van der Waals surface area contributed by atoms with E-state index in [1.807, 2.05) is 68.6 Å². The lowest BCUT2D eigenvalue weighted by Gasteiger charge is -2.12. The van der Waals surface area contributed by atoms with Gasteiger partial charge in [0.25, 0.3) is 5.95 Å². The predicted molar refractivity (Wildman–Crippen MR) is 140 cm³/mol. The first-order valence-electron chi connectivity index (χ1n) is 12.0. The minimum absolute atomic E-state index is 0.467. The summed E-state index contributed by atoms with van der Waals surface area (Å²) < 4.78 is 10.0. The monoisotopic (exact) mass is 474 g/mol. The van der Waals surface area contributed by atoms with Gasteiger partial charge in [0.15, 0.2) is 5.65 Å². The van der Waals surface area contributed by atoms with Gasteiger partial charge in [0.2, 0.25) is 0 Å². The second kappa shape index (κ2) is 8.92. The van der Waals surface area contributed by atoms with Crippen molar-refractivity contribution in [2.45, 2.75) is 26.9 Å². The van der Waals surface area contributed by atoms with E-state index in [0.717, 1.165) is 55.9 Å². The summed E-state index contributed by atoms with van der Waals surface area (Å²) in [5.41, 5.74) is 7.97. The Morgan fingerprint density at radius 3 is 2.44 bits per heavy atom. The van der Waals surface area contributed by atoms with Crippen molar-refractivity contribution in [1.29, 1.82) is 0 Å². The molecule has 0 N–H and O–H groups in total. The van der Waals surface area contributed by atoms with E-state index in [4.69, 9.17) is 14.8 Å². The minimum atomic E-state index is 0.467. The molecule has 0 bridgehead atoms. The summed E-state index contributed by atoms with van der Waals surface area (Å²) in [6.07, 6.45) is 0.701. The Balaban J connectivity index is 1.33. The second-order valence-corrected chi connectivity index (χ2v) is 8.98. The van der Waals surface area contributed by atoms with Crippen molar-refractivity contribution in [3.8, 4) is 11.7 Å². The fourth-order valence-electron chi connectivity index (χ4n) is 4.73. The van der Waals surface area contributed by atoms with E-state index >= 15 is 0 Å². The third-order valence-corrected chi connectivity index (χ3v) is 6.70. The molecule has 7 heteroatoms. The lowest BCUT2D eigenvalue weighted by Crippen LogP contribution is -2.08. The zero-order chi connectivity index (χ0) is 24.6. The topological polar surface area (TPSA) is 70.7 Å². The number of aromatic nitrogens is 6. The number of benzene rings is 3. The molecule has 6 aromatic rings. The van der Waals surface area contributed by atoms with E-state index in [9.17, 15) is 0 Å². The summed E-state index contributed by atoms with van der Waals surface area (Å²) in [7, 11) is 2.00. The molecule has 3 aromatic heterocycles. The summed E-state index contributed by atoms with van der Waals surface area (Å²) in [4.78, 5) is 4.85. The molecule has 0 aliphatic heterocycles. The van der Waals surface area contributed by atoms with Gasteiger partial charge in [-0.1, -0.05) is 66.7 Å². The van der Waals surface area contributed by atoms with E-state index < -0.39 is 0 Å². The maximum atomic E-state index is 6.19. The number of nitrogens with zero attached hydrogens (tertiary/aromatic N) is 6. The number of ether oxygens (including phenoxy) is 1. The average Bonchev–Trinajstić information content (AvgIpc) is 3.37. The molecule has 0 saturated carbocycles. The van der Waals surface area contributed by atoms with Crippen molar-refractivity contribution < 1.29 is 4.74 Å². The fraction of sp³-hybridized carbons (Fsp3) is 0.172. The molecule has 0 unspecified atom stereocenters. The molecule has 0 radical (unpaired) electrons. The van der Waals surface area contributed by atoms with E-state index in [0.29, 0.717) is 19.0 Å². The molecule has 0 atom stereocenters. The van der Waals surface area contributed by atoms with Gasteiger partial charge in [0.1, 0.15) is 17.9 Å². The highest BCUT2D eigenvalue weighted by molar-refractivity contribution is 6.03. The number of rotatable bonds is 6. The normalized spacial score (nSPS) is 11.4. The predicted octanol–water partition coefficient (Wildman–Crippen LogP) is 5.49. The van der Waals surface area contributed by atoms with Crippen molar-refractivity contribution in [1.82, 2.24) is 29.5 Å². The van der Waals surface area contributed by atoms with Crippen molar-refractivity contribution in [2.24, 2.45) is 7.05 Å². The molecular weight excluding hydrogens is 448 g/mol. The first kappa shape index (κ1) is 22.0. The van der Waals surface area contributed by atoms with Crippen LogP contribution in [0.25, 0.3) is 28.0 Å². The molecule has 36 heavy (non-hydrogen) atoms. The van der Waals surface area contributed by atoms with Crippen molar-refractivity contribution in [3.63, 3.8) is 0 Å². The van der Waals surface area contributed by atoms with Gasteiger partial charge in [0.05, 0.1) is 11.2 Å². The molecular formula is C29H26N6O. The minimum Gasteiger partial charge on any atom is -0.489 e. The van der Waals surface area contributed by atoms with Crippen LogP contribution in [-0.4, -0.2) is 29.5 Å². The van der Waals surface area contributed by atoms with Crippen LogP contribution in [0.2, 0.25) is 0 Å². The Kier molecular flexibility index (Phi) is 5.45. The average molecular weight is 475 g/mol. The summed E-state index contributed by atoms with van der Waals surface area (Å²) in [5, 5.41) is 14.8. The summed E-state index contributed by atoms with van der Waals surface area (Å²) in [5.74, 6) is 1.34. The Hall–Kier alpha value is -4.52. The first-order chi connectivity index (χ1) is 17.6. The SMILES string of the molecule is Cc1nn(-c2nnc3c4ccccc4n(C)c3n2)c(C)c1Cc1ccccc1OCc1ccccc1. The van der Waals surface area contributed by atoms with Gasteiger partial charge in [-0.05, 0) is 37.1 Å². The molecule has 3 aromatic carbocycles. The van der Waals surface area contributed by atoms with Gasteiger partial charge in [-0.25, -0.2) is 4.68 Å². The standard InChI is InChI=1S/C29H26N6O/c1-19-24(17-22-13-7-10-16-26(22)36-18-21-11-5-4-6-12-21)20(2)35(33-19)29-30-28-27(31-32-29)23-14-8-9-15-25(23)34(28)3/h4-16H,17-18H2,1-3H3. The number of para-hydroxylation sites is 2. The molecule has 0 amide bonds. The zero-order valence-corrected chi connectivity index (χ0v) is 20.5. The highest BCUT2D eigenvalue weighted by Gasteiger charge is 2.19. The maximum absolute atomic E-state index is 6.19. The molecule has 0 saturated heterocycles. The van der Waals surface area contributed by atoms with Crippen LogP contribution in [0.4, 0.5) is 0 Å². The van der Waals surface area contributed by atoms with Gasteiger partial charge in [-0.2, -0.15) is 10.1 Å². The third-order valence-electron chi connectivity index (χ3n) is 6.70. The molecule has 3 heterocycles. The van der Waals surface area contributed by atoms with Gasteiger partial charge < -0.3 is 9.30 Å². The molecule has 0 fully saturated rings. The number of hydrogen-bond donors (Lipinski definition) is 0. The van der Waals surface area contributed by atoms with E-state index in [2.05, 4.69) is 46.0 Å². The van der Waals surface area contributed by atoms with Crippen molar-refractivity contribution in [3.05, 3.63) is 107 Å². The molecule has 0 spiro atoms.